The number of hydrogen-bond donors (Lipinski definition) is 0. The van der Waals surface area contributed by atoms with E-state index >= 15 is 0 Å². The van der Waals surface area contributed by atoms with Crippen molar-refractivity contribution in [1.82, 2.24) is 0 Å². The standard InChI is InChI=1S/C13H12BrN3/c14-6-1-3-7(4-2-6)17-12-8-5-9(13(12)17)11-10(8)15-16-11/h1-4,8-13H,5H2/t8-,9+,10+,11-,12-,13+,17?. The number of benzene rings is 1. The summed E-state index contributed by atoms with van der Waals surface area (Å²) >= 11 is 3.49. The number of piperidine rings is 1. The van der Waals surface area contributed by atoms with Gasteiger partial charge in [0.05, 0.1) is 12.1 Å². The molecule has 0 N–H and O–H groups in total. The minimum atomic E-state index is 0.571. The van der Waals surface area contributed by atoms with Crippen molar-refractivity contribution >= 4 is 21.6 Å². The Morgan fingerprint density at radius 1 is 1.00 bits per heavy atom. The van der Waals surface area contributed by atoms with Gasteiger partial charge in [-0.3, -0.25) is 0 Å². The Labute approximate surface area is 108 Å². The molecular formula is C13H12BrN3. The average Bonchev–Trinajstić information content (AvgIpc) is 2.84. The fourth-order valence-electron chi connectivity index (χ4n) is 4.32. The first kappa shape index (κ1) is 9.09. The minimum Gasteiger partial charge on any atom is -0.361 e. The molecule has 2 saturated carbocycles. The monoisotopic (exact) mass is 289 g/mol. The van der Waals surface area contributed by atoms with Crippen molar-refractivity contribution in [2.45, 2.75) is 30.6 Å². The fourth-order valence-corrected chi connectivity index (χ4v) is 4.58. The van der Waals surface area contributed by atoms with Crippen LogP contribution in [-0.2, 0) is 0 Å². The van der Waals surface area contributed by atoms with Gasteiger partial charge >= 0.3 is 0 Å². The molecular weight excluding hydrogens is 278 g/mol. The Morgan fingerprint density at radius 3 is 2.12 bits per heavy atom. The van der Waals surface area contributed by atoms with E-state index < -0.39 is 0 Å². The highest BCUT2D eigenvalue weighted by molar-refractivity contribution is 9.10. The molecule has 2 bridgehead atoms. The zero-order valence-electron chi connectivity index (χ0n) is 9.20. The van der Waals surface area contributed by atoms with Gasteiger partial charge in [-0.1, -0.05) is 15.9 Å². The first-order valence-corrected chi connectivity index (χ1v) is 7.08. The number of anilines is 1. The lowest BCUT2D eigenvalue weighted by atomic mass is 9.90. The molecule has 1 saturated heterocycles. The second-order valence-corrected chi connectivity index (χ2v) is 6.56. The predicted molar refractivity (Wildman–Crippen MR) is 68.2 cm³/mol. The number of nitrogens with zero attached hydrogens (tertiary/aromatic N) is 3. The van der Waals surface area contributed by atoms with Crippen LogP contribution in [0.4, 0.5) is 5.69 Å². The molecule has 0 spiro atoms. The average molecular weight is 290 g/mol. The molecule has 0 radical (unpaired) electrons. The molecule has 0 aromatic heterocycles. The molecule has 0 unspecified atom stereocenters. The summed E-state index contributed by atoms with van der Waals surface area (Å²) in [5.41, 5.74) is 1.37. The molecule has 0 amide bonds. The summed E-state index contributed by atoms with van der Waals surface area (Å²) in [6.07, 6.45) is 1.37. The zero-order valence-corrected chi connectivity index (χ0v) is 10.8. The van der Waals surface area contributed by atoms with Crippen molar-refractivity contribution < 1.29 is 0 Å². The van der Waals surface area contributed by atoms with Crippen LogP contribution in [0.15, 0.2) is 39.0 Å². The molecule has 4 aliphatic rings. The topological polar surface area (TPSA) is 27.7 Å². The zero-order chi connectivity index (χ0) is 11.1. The largest absolute Gasteiger partial charge is 0.361 e. The van der Waals surface area contributed by atoms with Gasteiger partial charge in [-0.25, -0.2) is 0 Å². The van der Waals surface area contributed by atoms with E-state index in [9.17, 15) is 0 Å². The van der Waals surface area contributed by atoms with Crippen LogP contribution in [0.2, 0.25) is 0 Å². The van der Waals surface area contributed by atoms with Gasteiger partial charge in [0.2, 0.25) is 0 Å². The fraction of sp³-hybridized carbons (Fsp3) is 0.538. The predicted octanol–water partition coefficient (Wildman–Crippen LogP) is 2.86. The van der Waals surface area contributed by atoms with E-state index in [0.717, 1.165) is 28.4 Å². The molecule has 2 heterocycles. The minimum absolute atomic E-state index is 0.571. The van der Waals surface area contributed by atoms with Crippen LogP contribution in [0.1, 0.15) is 6.42 Å². The Morgan fingerprint density at radius 2 is 1.59 bits per heavy atom. The van der Waals surface area contributed by atoms with Crippen LogP contribution in [-0.4, -0.2) is 24.2 Å². The van der Waals surface area contributed by atoms with E-state index in [0.29, 0.717) is 12.1 Å². The summed E-state index contributed by atoms with van der Waals surface area (Å²) in [7, 11) is 0. The molecule has 86 valence electrons. The van der Waals surface area contributed by atoms with Crippen molar-refractivity contribution in [2.75, 3.05) is 4.90 Å². The Balaban J connectivity index is 1.49. The highest BCUT2D eigenvalue weighted by Crippen LogP contribution is 2.63. The lowest BCUT2D eigenvalue weighted by molar-refractivity contribution is 0.315. The number of fused-ring (bicyclic) bond motifs is 8. The molecule has 5 rings (SSSR count). The smallest absolute Gasteiger partial charge is 0.100 e. The summed E-state index contributed by atoms with van der Waals surface area (Å²) in [5, 5.41) is 8.65. The van der Waals surface area contributed by atoms with Crippen molar-refractivity contribution in [3.05, 3.63) is 28.7 Å². The number of halogens is 1. The maximum absolute atomic E-state index is 4.32. The number of hydrogen-bond acceptors (Lipinski definition) is 3. The third-order valence-corrected chi connectivity index (χ3v) is 5.54. The van der Waals surface area contributed by atoms with Gasteiger partial charge in [-0.05, 0) is 30.7 Å². The Kier molecular flexibility index (Phi) is 1.46. The van der Waals surface area contributed by atoms with Gasteiger partial charge in [0.25, 0.3) is 0 Å². The van der Waals surface area contributed by atoms with Crippen molar-refractivity contribution in [2.24, 2.45) is 22.1 Å². The molecule has 6 atom stereocenters. The first-order chi connectivity index (χ1) is 8.34. The normalized spacial score (nSPS) is 47.7. The summed E-state index contributed by atoms with van der Waals surface area (Å²) in [6, 6.07) is 11.4. The van der Waals surface area contributed by atoms with E-state index in [1.807, 2.05) is 0 Å². The molecule has 3 nitrogen and oxygen atoms in total. The first-order valence-electron chi connectivity index (χ1n) is 6.28. The van der Waals surface area contributed by atoms with Crippen LogP contribution in [0, 0.1) is 11.8 Å². The lowest BCUT2D eigenvalue weighted by Crippen LogP contribution is -2.39. The van der Waals surface area contributed by atoms with E-state index in [2.05, 4.69) is 55.3 Å². The van der Waals surface area contributed by atoms with Crippen LogP contribution in [0.25, 0.3) is 0 Å². The molecule has 2 aliphatic carbocycles. The highest BCUT2D eigenvalue weighted by Gasteiger charge is 2.72. The summed E-state index contributed by atoms with van der Waals surface area (Å²) < 4.78 is 1.15. The summed E-state index contributed by atoms with van der Waals surface area (Å²) in [4.78, 5) is 2.59. The van der Waals surface area contributed by atoms with Crippen LogP contribution in [0.3, 0.4) is 0 Å². The Hall–Kier alpha value is -0.900. The molecule has 4 heteroatoms. The molecule has 1 aromatic rings. The van der Waals surface area contributed by atoms with Gasteiger partial charge in [-0.15, -0.1) is 0 Å². The van der Waals surface area contributed by atoms with Gasteiger partial charge in [0.1, 0.15) is 12.1 Å². The third-order valence-electron chi connectivity index (χ3n) is 5.01. The van der Waals surface area contributed by atoms with Gasteiger partial charge in [0, 0.05) is 22.0 Å². The summed E-state index contributed by atoms with van der Waals surface area (Å²) in [6.45, 7) is 0. The van der Waals surface area contributed by atoms with Gasteiger partial charge < -0.3 is 4.90 Å². The van der Waals surface area contributed by atoms with Gasteiger partial charge in [0.15, 0.2) is 0 Å². The molecule has 17 heavy (non-hydrogen) atoms. The quantitative estimate of drug-likeness (QED) is 0.731. The van der Waals surface area contributed by atoms with Crippen LogP contribution in [0.5, 0.6) is 0 Å². The van der Waals surface area contributed by atoms with E-state index in [1.54, 1.807) is 0 Å². The van der Waals surface area contributed by atoms with Crippen LogP contribution >= 0.6 is 15.9 Å². The maximum Gasteiger partial charge on any atom is 0.100 e. The van der Waals surface area contributed by atoms with Gasteiger partial charge in [-0.2, -0.15) is 10.2 Å². The van der Waals surface area contributed by atoms with E-state index in [-0.39, 0.29) is 0 Å². The third kappa shape index (κ3) is 0.955. The van der Waals surface area contributed by atoms with Crippen LogP contribution < -0.4 is 4.90 Å². The SMILES string of the molecule is Brc1ccc(N2[C@@H]3[C@@H]4C[C@@H]([C@H]5N=N[C@@H]45)[C@@H]32)cc1. The number of azo groups is 1. The van der Waals surface area contributed by atoms with E-state index in [1.165, 1.54) is 12.1 Å². The van der Waals surface area contributed by atoms with E-state index in [4.69, 9.17) is 0 Å². The Bertz CT molecular complexity index is 502. The van der Waals surface area contributed by atoms with Crippen molar-refractivity contribution in [1.29, 1.82) is 0 Å². The van der Waals surface area contributed by atoms with Crippen molar-refractivity contribution in [3.63, 3.8) is 0 Å². The summed E-state index contributed by atoms with van der Waals surface area (Å²) in [5.74, 6) is 1.58. The maximum atomic E-state index is 4.32. The highest BCUT2D eigenvalue weighted by atomic mass is 79.9. The van der Waals surface area contributed by atoms with Crippen molar-refractivity contribution in [3.8, 4) is 0 Å². The molecule has 2 aliphatic heterocycles. The molecule has 1 aromatic carbocycles. The second kappa shape index (κ2) is 2.74. The lowest BCUT2D eigenvalue weighted by Gasteiger charge is -2.27. The second-order valence-electron chi connectivity index (χ2n) is 5.64. The number of rotatable bonds is 1. The molecule has 3 fully saturated rings.